The molecule has 0 spiro atoms. The fraction of sp³-hybridized carbons (Fsp3) is 0.862. The fourth-order valence-corrected chi connectivity index (χ4v) is 9.20. The molecule has 0 unspecified atom stereocenters. The fourth-order valence-electron chi connectivity index (χ4n) is 9.20. The molecule has 3 fully saturated rings. The van der Waals surface area contributed by atoms with Crippen LogP contribution in [-0.2, 0) is 0 Å². The smallest absolute Gasteiger partial charge is 0.0759 e. The molecule has 0 aliphatic heterocycles. The van der Waals surface area contributed by atoms with Gasteiger partial charge < -0.3 is 10.2 Å². The first-order chi connectivity index (χ1) is 14.6. The number of rotatable bonds is 6. The van der Waals surface area contributed by atoms with Crippen molar-refractivity contribution in [1.29, 1.82) is 0 Å². The summed E-state index contributed by atoms with van der Waals surface area (Å²) in [6.07, 6.45) is 13.4. The molecule has 3 saturated carbocycles. The molecule has 0 saturated heterocycles. The number of hydrogen-bond acceptors (Lipinski definition) is 2. The quantitative estimate of drug-likeness (QED) is 0.451. The van der Waals surface area contributed by atoms with E-state index in [4.69, 9.17) is 0 Å². The van der Waals surface area contributed by atoms with Crippen LogP contribution >= 0.6 is 0 Å². The van der Waals surface area contributed by atoms with Crippen LogP contribution in [0.15, 0.2) is 23.8 Å². The molecule has 0 bridgehead atoms. The van der Waals surface area contributed by atoms with Crippen LogP contribution in [0.1, 0.15) is 98.8 Å². The zero-order valence-electron chi connectivity index (χ0n) is 20.9. The number of hydrogen-bond donors (Lipinski definition) is 2. The van der Waals surface area contributed by atoms with E-state index < -0.39 is 0 Å². The summed E-state index contributed by atoms with van der Waals surface area (Å²) in [6.45, 7) is 16.3. The van der Waals surface area contributed by atoms with Crippen LogP contribution in [0.3, 0.4) is 0 Å². The van der Waals surface area contributed by atoms with Crippen LogP contribution in [0.2, 0.25) is 0 Å². The van der Waals surface area contributed by atoms with Crippen molar-refractivity contribution in [3.05, 3.63) is 23.8 Å². The third kappa shape index (κ3) is 3.88. The van der Waals surface area contributed by atoms with Crippen molar-refractivity contribution >= 4 is 0 Å². The van der Waals surface area contributed by atoms with E-state index >= 15 is 0 Å². The summed E-state index contributed by atoms with van der Waals surface area (Å²) < 4.78 is 0. The molecular weight excluding hydrogens is 380 g/mol. The largest absolute Gasteiger partial charge is 0.389 e. The lowest BCUT2D eigenvalue weighted by Crippen LogP contribution is -2.54. The van der Waals surface area contributed by atoms with Gasteiger partial charge >= 0.3 is 0 Å². The molecule has 0 aromatic heterocycles. The third-order valence-corrected chi connectivity index (χ3v) is 11.0. The number of aliphatic hydroxyl groups is 2. The monoisotopic (exact) mass is 428 g/mol. The molecule has 4 rings (SSSR count). The van der Waals surface area contributed by atoms with Crippen molar-refractivity contribution in [2.45, 2.75) is 111 Å². The summed E-state index contributed by atoms with van der Waals surface area (Å²) in [5.41, 5.74) is 3.07. The highest BCUT2D eigenvalue weighted by molar-refractivity contribution is 5.29. The zero-order chi connectivity index (χ0) is 22.6. The van der Waals surface area contributed by atoms with E-state index in [9.17, 15) is 10.2 Å². The number of allylic oxidation sites excluding steroid dienone is 1. The average molecular weight is 429 g/mol. The van der Waals surface area contributed by atoms with E-state index in [1.54, 1.807) is 0 Å². The van der Waals surface area contributed by atoms with Crippen LogP contribution in [0.25, 0.3) is 0 Å². The minimum absolute atomic E-state index is 0.0996. The van der Waals surface area contributed by atoms with Crippen molar-refractivity contribution in [2.24, 2.45) is 46.3 Å². The van der Waals surface area contributed by atoms with Gasteiger partial charge in [0.25, 0.3) is 0 Å². The minimum Gasteiger partial charge on any atom is -0.389 e. The summed E-state index contributed by atoms with van der Waals surface area (Å²) in [5, 5.41) is 21.4. The Hall–Kier alpha value is -0.600. The first kappa shape index (κ1) is 23.6. The van der Waals surface area contributed by atoms with Crippen molar-refractivity contribution in [3.63, 3.8) is 0 Å². The van der Waals surface area contributed by atoms with Crippen LogP contribution < -0.4 is 0 Å². The highest BCUT2D eigenvalue weighted by Gasteiger charge is 2.60. The lowest BCUT2D eigenvalue weighted by Gasteiger charge is -2.60. The van der Waals surface area contributed by atoms with Gasteiger partial charge in [0, 0.05) is 0 Å². The van der Waals surface area contributed by atoms with Crippen LogP contribution in [0, 0.1) is 46.3 Å². The van der Waals surface area contributed by atoms with Crippen molar-refractivity contribution < 1.29 is 10.2 Å². The first-order valence-electron chi connectivity index (χ1n) is 13.4. The topological polar surface area (TPSA) is 40.5 Å². The Morgan fingerprint density at radius 2 is 1.84 bits per heavy atom. The highest BCUT2D eigenvalue weighted by Crippen LogP contribution is 2.67. The van der Waals surface area contributed by atoms with Crippen molar-refractivity contribution in [2.75, 3.05) is 0 Å². The molecule has 2 N–H and O–H groups in total. The summed E-state index contributed by atoms with van der Waals surface area (Å²) in [6, 6.07) is 0. The molecule has 0 heterocycles. The van der Waals surface area contributed by atoms with E-state index in [2.05, 4.69) is 41.2 Å². The molecule has 4 aliphatic carbocycles. The van der Waals surface area contributed by atoms with Gasteiger partial charge in [0.1, 0.15) is 0 Å². The number of aliphatic hydroxyl groups excluding tert-OH is 2. The molecule has 10 atom stereocenters. The SMILES string of the molecule is C=C(C)[C@@H](CC)CC[C@@H](C)[C@H]1CC[C@H]2[C@@H]3C[C@@H](O)C4=C[C@@H](O)CC[C@]4(C)[C@H]3CC[C@]12C. The minimum atomic E-state index is -0.356. The molecule has 0 amide bonds. The Morgan fingerprint density at radius 1 is 1.10 bits per heavy atom. The van der Waals surface area contributed by atoms with E-state index in [-0.39, 0.29) is 17.6 Å². The standard InChI is InChI=1S/C29H48O2/c1-7-20(18(2)3)9-8-19(4)23-10-11-24-22-17-27(31)26-16-21(30)12-14-29(26,6)25(22)13-15-28(23,24)5/h16,19-25,27,30-31H,2,7-15,17H2,1,3-6H3/t19-,20+,21+,22+,23-,24+,25+,27-,28-,29-/m1/s1. The highest BCUT2D eigenvalue weighted by atomic mass is 16.3. The van der Waals surface area contributed by atoms with Gasteiger partial charge in [-0.3, -0.25) is 0 Å². The van der Waals surface area contributed by atoms with Gasteiger partial charge in [-0.15, -0.1) is 0 Å². The molecule has 4 aliphatic rings. The summed E-state index contributed by atoms with van der Waals surface area (Å²) in [4.78, 5) is 0. The maximum absolute atomic E-state index is 11.1. The predicted molar refractivity (Wildman–Crippen MR) is 130 cm³/mol. The van der Waals surface area contributed by atoms with E-state index in [1.807, 2.05) is 6.08 Å². The maximum atomic E-state index is 11.1. The van der Waals surface area contributed by atoms with Crippen molar-refractivity contribution in [1.82, 2.24) is 0 Å². The maximum Gasteiger partial charge on any atom is 0.0759 e. The normalized spacial score (nSPS) is 46.4. The van der Waals surface area contributed by atoms with Gasteiger partial charge in [0.15, 0.2) is 0 Å². The lowest BCUT2D eigenvalue weighted by molar-refractivity contribution is -0.0874. The van der Waals surface area contributed by atoms with Crippen LogP contribution in [-0.4, -0.2) is 22.4 Å². The van der Waals surface area contributed by atoms with Gasteiger partial charge in [-0.05, 0) is 123 Å². The molecule has 176 valence electrons. The average Bonchev–Trinajstić information content (AvgIpc) is 3.07. The van der Waals surface area contributed by atoms with Crippen LogP contribution in [0.4, 0.5) is 0 Å². The summed E-state index contributed by atoms with van der Waals surface area (Å²) in [5.74, 6) is 4.41. The molecular formula is C29H48O2. The Labute approximate surface area is 191 Å². The van der Waals surface area contributed by atoms with Gasteiger partial charge in [0.05, 0.1) is 12.2 Å². The lowest BCUT2D eigenvalue weighted by atomic mass is 9.46. The molecule has 2 heteroatoms. The van der Waals surface area contributed by atoms with Gasteiger partial charge in [-0.1, -0.05) is 45.9 Å². The van der Waals surface area contributed by atoms with E-state index in [1.165, 1.54) is 56.1 Å². The van der Waals surface area contributed by atoms with Gasteiger partial charge in [0.2, 0.25) is 0 Å². The van der Waals surface area contributed by atoms with Crippen LogP contribution in [0.5, 0.6) is 0 Å². The van der Waals surface area contributed by atoms with Gasteiger partial charge in [-0.25, -0.2) is 0 Å². The molecule has 0 aromatic carbocycles. The second-order valence-corrected chi connectivity index (χ2v) is 12.5. The van der Waals surface area contributed by atoms with E-state index in [0.29, 0.717) is 23.2 Å². The Kier molecular flexibility index (Phi) is 6.56. The number of fused-ring (bicyclic) bond motifs is 5. The summed E-state index contributed by atoms with van der Waals surface area (Å²) >= 11 is 0. The molecule has 31 heavy (non-hydrogen) atoms. The first-order valence-corrected chi connectivity index (χ1v) is 13.4. The van der Waals surface area contributed by atoms with E-state index in [0.717, 1.165) is 37.0 Å². The second kappa shape index (κ2) is 8.64. The van der Waals surface area contributed by atoms with Gasteiger partial charge in [-0.2, -0.15) is 0 Å². The second-order valence-electron chi connectivity index (χ2n) is 12.5. The zero-order valence-corrected chi connectivity index (χ0v) is 20.9. The molecule has 0 radical (unpaired) electrons. The third-order valence-electron chi connectivity index (χ3n) is 11.0. The Morgan fingerprint density at radius 3 is 2.52 bits per heavy atom. The Balaban J connectivity index is 1.51. The Bertz CT molecular complexity index is 710. The predicted octanol–water partition coefficient (Wildman–Crippen LogP) is 6.92. The molecule has 2 nitrogen and oxygen atoms in total. The summed E-state index contributed by atoms with van der Waals surface area (Å²) in [7, 11) is 0. The molecule has 0 aromatic rings. The van der Waals surface area contributed by atoms with Crippen molar-refractivity contribution in [3.8, 4) is 0 Å².